The van der Waals surface area contributed by atoms with Crippen molar-refractivity contribution in [3.8, 4) is 17.2 Å². The Bertz CT molecular complexity index is 725. The van der Waals surface area contributed by atoms with Crippen molar-refractivity contribution in [3.63, 3.8) is 0 Å². The summed E-state index contributed by atoms with van der Waals surface area (Å²) < 4.78 is 0. The monoisotopic (exact) mass is 345 g/mol. The van der Waals surface area contributed by atoms with Crippen molar-refractivity contribution >= 4 is 0 Å². The van der Waals surface area contributed by atoms with Crippen LogP contribution in [-0.2, 0) is 11.8 Å². The smallest absolute Gasteiger partial charge is 0.0822 e. The molecule has 136 valence electrons. The summed E-state index contributed by atoms with van der Waals surface area (Å²) in [5, 5.41) is 9.93. The maximum atomic E-state index is 9.93. The van der Waals surface area contributed by atoms with E-state index >= 15 is 0 Å². The molecule has 26 heavy (non-hydrogen) atoms. The second kappa shape index (κ2) is 8.54. The van der Waals surface area contributed by atoms with Crippen LogP contribution >= 0.6 is 0 Å². The highest BCUT2D eigenvalue weighted by Gasteiger charge is 2.36. The third kappa shape index (κ3) is 4.01. The first-order valence-electron chi connectivity index (χ1n) is 10.3. The molecule has 0 unspecified atom stereocenters. The standard InChI is InChI=1S/C25H31N/c1-3-5-20-7-9-22(10-8-20)23-11-13-24(14-12-23)25(19-26)17-15-21(6-4-2)16-18-25/h7-14,21H,3-6,15-18H2,1-2H3/t21-,25+. The summed E-state index contributed by atoms with van der Waals surface area (Å²) in [5.41, 5.74) is 4.84. The molecule has 1 aliphatic rings. The van der Waals surface area contributed by atoms with Crippen LogP contribution in [0, 0.1) is 17.2 Å². The number of hydrogen-bond donors (Lipinski definition) is 0. The summed E-state index contributed by atoms with van der Waals surface area (Å²) in [6.07, 6.45) is 9.32. The zero-order valence-electron chi connectivity index (χ0n) is 16.3. The highest BCUT2D eigenvalue weighted by atomic mass is 14.4. The predicted molar refractivity (Wildman–Crippen MR) is 110 cm³/mol. The van der Waals surface area contributed by atoms with E-state index in [1.54, 1.807) is 0 Å². The molecule has 1 heteroatoms. The molecule has 2 aromatic rings. The van der Waals surface area contributed by atoms with Crippen molar-refractivity contribution in [3.05, 3.63) is 59.7 Å². The topological polar surface area (TPSA) is 23.8 Å². The summed E-state index contributed by atoms with van der Waals surface area (Å²) >= 11 is 0. The van der Waals surface area contributed by atoms with E-state index in [0.29, 0.717) is 0 Å². The Labute approximate surface area is 159 Å². The van der Waals surface area contributed by atoms with Gasteiger partial charge in [0.1, 0.15) is 0 Å². The maximum Gasteiger partial charge on any atom is 0.0822 e. The van der Waals surface area contributed by atoms with E-state index in [1.807, 2.05) is 0 Å². The molecule has 0 bridgehead atoms. The molecule has 2 aromatic carbocycles. The van der Waals surface area contributed by atoms with Gasteiger partial charge < -0.3 is 0 Å². The third-order valence-corrected chi connectivity index (χ3v) is 6.13. The Morgan fingerprint density at radius 2 is 1.46 bits per heavy atom. The molecular formula is C25H31N. The fraction of sp³-hybridized carbons (Fsp3) is 0.480. The average molecular weight is 346 g/mol. The minimum Gasteiger partial charge on any atom is -0.197 e. The van der Waals surface area contributed by atoms with Crippen LogP contribution in [0.4, 0.5) is 0 Å². The van der Waals surface area contributed by atoms with Gasteiger partial charge in [-0.1, -0.05) is 81.6 Å². The average Bonchev–Trinajstić information content (AvgIpc) is 2.70. The molecule has 0 saturated heterocycles. The van der Waals surface area contributed by atoms with Gasteiger partial charge in [-0.25, -0.2) is 0 Å². The molecule has 0 heterocycles. The minimum atomic E-state index is -0.270. The first-order valence-corrected chi connectivity index (χ1v) is 10.3. The van der Waals surface area contributed by atoms with Crippen molar-refractivity contribution < 1.29 is 0 Å². The summed E-state index contributed by atoms with van der Waals surface area (Å²) in [6.45, 7) is 4.48. The molecule has 0 aliphatic heterocycles. The Morgan fingerprint density at radius 1 is 0.885 bits per heavy atom. The van der Waals surface area contributed by atoms with Crippen LogP contribution in [-0.4, -0.2) is 0 Å². The van der Waals surface area contributed by atoms with Gasteiger partial charge in [0.15, 0.2) is 0 Å². The van der Waals surface area contributed by atoms with Crippen LogP contribution in [0.15, 0.2) is 48.5 Å². The van der Waals surface area contributed by atoms with Crippen molar-refractivity contribution in [2.24, 2.45) is 5.92 Å². The molecule has 0 amide bonds. The van der Waals surface area contributed by atoms with Gasteiger partial charge in [0.25, 0.3) is 0 Å². The van der Waals surface area contributed by atoms with E-state index in [4.69, 9.17) is 0 Å². The van der Waals surface area contributed by atoms with Crippen LogP contribution in [0.2, 0.25) is 0 Å². The lowest BCUT2D eigenvalue weighted by molar-refractivity contribution is 0.265. The molecule has 1 nitrogen and oxygen atoms in total. The number of nitrogens with zero attached hydrogens (tertiary/aromatic N) is 1. The van der Waals surface area contributed by atoms with E-state index in [0.717, 1.165) is 25.2 Å². The van der Waals surface area contributed by atoms with Gasteiger partial charge in [-0.15, -0.1) is 0 Å². The van der Waals surface area contributed by atoms with E-state index in [2.05, 4.69) is 68.4 Å². The van der Waals surface area contributed by atoms with Crippen LogP contribution < -0.4 is 0 Å². The summed E-state index contributed by atoms with van der Waals surface area (Å²) in [5.74, 6) is 0.822. The van der Waals surface area contributed by atoms with Gasteiger partial charge in [-0.3, -0.25) is 0 Å². The molecule has 0 radical (unpaired) electrons. The number of aryl methyl sites for hydroxylation is 1. The second-order valence-corrected chi connectivity index (χ2v) is 7.95. The summed E-state index contributed by atoms with van der Waals surface area (Å²) in [6, 6.07) is 20.4. The van der Waals surface area contributed by atoms with E-state index < -0.39 is 0 Å². The summed E-state index contributed by atoms with van der Waals surface area (Å²) in [4.78, 5) is 0. The van der Waals surface area contributed by atoms with Crippen molar-refractivity contribution in [2.75, 3.05) is 0 Å². The minimum absolute atomic E-state index is 0.270. The molecule has 0 aromatic heterocycles. The fourth-order valence-electron chi connectivity index (χ4n) is 4.47. The van der Waals surface area contributed by atoms with Gasteiger partial charge in [-0.2, -0.15) is 5.26 Å². The molecule has 1 aliphatic carbocycles. The largest absolute Gasteiger partial charge is 0.197 e. The van der Waals surface area contributed by atoms with Crippen molar-refractivity contribution in [1.29, 1.82) is 5.26 Å². The maximum absolute atomic E-state index is 9.93. The van der Waals surface area contributed by atoms with Crippen molar-refractivity contribution in [1.82, 2.24) is 0 Å². The lowest BCUT2D eigenvalue weighted by Crippen LogP contribution is -2.30. The zero-order valence-corrected chi connectivity index (χ0v) is 16.3. The SMILES string of the molecule is CCCc1ccc(-c2ccc([C@]3(C#N)CC[C@H](CCC)CC3)cc2)cc1. The van der Waals surface area contributed by atoms with E-state index in [9.17, 15) is 5.26 Å². The van der Waals surface area contributed by atoms with Gasteiger partial charge in [0.2, 0.25) is 0 Å². The van der Waals surface area contributed by atoms with Crippen molar-refractivity contribution in [2.45, 2.75) is 70.6 Å². The highest BCUT2D eigenvalue weighted by Crippen LogP contribution is 2.42. The Hall–Kier alpha value is -2.07. The lowest BCUT2D eigenvalue weighted by atomic mass is 9.67. The Balaban J connectivity index is 1.75. The normalized spacial score (nSPS) is 22.7. The van der Waals surface area contributed by atoms with Crippen LogP contribution in [0.1, 0.15) is 69.9 Å². The quantitative estimate of drug-likeness (QED) is 0.550. The number of benzene rings is 2. The molecule has 1 saturated carbocycles. The van der Waals surface area contributed by atoms with Gasteiger partial charge >= 0.3 is 0 Å². The first-order chi connectivity index (χ1) is 12.7. The lowest BCUT2D eigenvalue weighted by Gasteiger charge is -2.35. The number of nitriles is 1. The summed E-state index contributed by atoms with van der Waals surface area (Å²) in [7, 11) is 0. The molecule has 1 fully saturated rings. The molecule has 0 spiro atoms. The van der Waals surface area contributed by atoms with Crippen LogP contribution in [0.3, 0.4) is 0 Å². The predicted octanol–water partition coefficient (Wildman–Crippen LogP) is 7.06. The number of rotatable bonds is 6. The molecular weight excluding hydrogens is 314 g/mol. The van der Waals surface area contributed by atoms with Gasteiger partial charge in [-0.05, 0) is 60.3 Å². The Kier molecular flexibility index (Phi) is 6.15. The molecule has 0 atom stereocenters. The van der Waals surface area contributed by atoms with Gasteiger partial charge in [0, 0.05) is 0 Å². The van der Waals surface area contributed by atoms with E-state index in [1.165, 1.54) is 54.4 Å². The molecule has 0 N–H and O–H groups in total. The Morgan fingerprint density at radius 3 is 1.96 bits per heavy atom. The highest BCUT2D eigenvalue weighted by molar-refractivity contribution is 5.64. The van der Waals surface area contributed by atoms with E-state index in [-0.39, 0.29) is 5.41 Å². The van der Waals surface area contributed by atoms with Crippen LogP contribution in [0.5, 0.6) is 0 Å². The first kappa shape index (κ1) is 18.7. The van der Waals surface area contributed by atoms with Crippen LogP contribution in [0.25, 0.3) is 11.1 Å². The van der Waals surface area contributed by atoms with Gasteiger partial charge in [0.05, 0.1) is 11.5 Å². The third-order valence-electron chi connectivity index (χ3n) is 6.13. The second-order valence-electron chi connectivity index (χ2n) is 7.95. The zero-order chi connectivity index (χ0) is 18.4. The fourth-order valence-corrected chi connectivity index (χ4v) is 4.47. The molecule has 3 rings (SSSR count). The number of hydrogen-bond acceptors (Lipinski definition) is 1.